The third-order valence-electron chi connectivity index (χ3n) is 3.36. The molecule has 0 radical (unpaired) electrons. The molecule has 9 heteroatoms. The second-order valence-electron chi connectivity index (χ2n) is 4.79. The lowest BCUT2D eigenvalue weighted by Gasteiger charge is -2.15. The first-order chi connectivity index (χ1) is 11.7. The number of methoxy groups -OCH3 is 3. The third-order valence-corrected chi connectivity index (χ3v) is 4.18. The fourth-order valence-electron chi connectivity index (χ4n) is 2.34. The fraction of sp³-hybridized carbons (Fsp3) is 0.267. The summed E-state index contributed by atoms with van der Waals surface area (Å²) in [7, 11) is 4.79. The van der Waals surface area contributed by atoms with E-state index in [1.165, 1.54) is 11.3 Å². The van der Waals surface area contributed by atoms with Gasteiger partial charge in [-0.1, -0.05) is 6.07 Å². The molecule has 0 spiro atoms. The van der Waals surface area contributed by atoms with Gasteiger partial charge in [-0.25, -0.2) is 4.98 Å². The number of rotatable bonds is 6. The Morgan fingerprint density at radius 3 is 2.46 bits per heavy atom. The number of ether oxygens (including phenoxy) is 3. The Hall–Kier alpha value is -2.65. The van der Waals surface area contributed by atoms with Gasteiger partial charge in [0.2, 0.25) is 5.95 Å². The molecule has 3 aromatic rings. The van der Waals surface area contributed by atoms with E-state index in [9.17, 15) is 0 Å². The number of hydrogen-bond acceptors (Lipinski definition) is 8. The predicted octanol–water partition coefficient (Wildman–Crippen LogP) is 2.14. The van der Waals surface area contributed by atoms with Crippen LogP contribution in [-0.4, -0.2) is 41.1 Å². The monoisotopic (exact) mass is 347 g/mol. The van der Waals surface area contributed by atoms with Crippen LogP contribution in [-0.2, 0) is 11.3 Å². The summed E-state index contributed by atoms with van der Waals surface area (Å²) in [5, 5.41) is 10.9. The van der Waals surface area contributed by atoms with Crippen LogP contribution in [0.1, 0.15) is 5.01 Å². The average molecular weight is 347 g/mol. The van der Waals surface area contributed by atoms with Gasteiger partial charge in [-0.05, 0) is 12.1 Å². The minimum Gasteiger partial charge on any atom is -0.494 e. The van der Waals surface area contributed by atoms with Gasteiger partial charge in [0.25, 0.3) is 0 Å². The van der Waals surface area contributed by atoms with Gasteiger partial charge in [0.15, 0.2) is 5.82 Å². The van der Waals surface area contributed by atoms with Crippen LogP contribution >= 0.6 is 11.3 Å². The maximum Gasteiger partial charge on any atom is 0.227 e. The van der Waals surface area contributed by atoms with E-state index < -0.39 is 0 Å². The van der Waals surface area contributed by atoms with Crippen molar-refractivity contribution in [3.05, 3.63) is 28.6 Å². The highest BCUT2D eigenvalue weighted by molar-refractivity contribution is 7.09. The van der Waals surface area contributed by atoms with E-state index in [2.05, 4.69) is 15.2 Å². The van der Waals surface area contributed by atoms with Crippen LogP contribution in [0.15, 0.2) is 23.6 Å². The van der Waals surface area contributed by atoms with Crippen LogP contribution in [0.5, 0.6) is 11.5 Å². The number of aromatic nitrogens is 4. The molecule has 0 unspecified atom stereocenters. The van der Waals surface area contributed by atoms with E-state index in [1.807, 2.05) is 23.6 Å². The summed E-state index contributed by atoms with van der Waals surface area (Å²) in [6.45, 7) is 0.437. The molecule has 0 atom stereocenters. The van der Waals surface area contributed by atoms with Gasteiger partial charge in [-0.2, -0.15) is 0 Å². The van der Waals surface area contributed by atoms with Crippen LogP contribution in [0, 0.1) is 0 Å². The molecule has 24 heavy (non-hydrogen) atoms. The largest absolute Gasteiger partial charge is 0.494 e. The van der Waals surface area contributed by atoms with E-state index >= 15 is 0 Å². The second-order valence-corrected chi connectivity index (χ2v) is 5.73. The number of para-hydroxylation sites is 1. The Morgan fingerprint density at radius 2 is 1.83 bits per heavy atom. The number of nitrogen functional groups attached to an aromatic ring is 1. The zero-order valence-corrected chi connectivity index (χ0v) is 14.3. The maximum absolute atomic E-state index is 6.05. The van der Waals surface area contributed by atoms with Crippen molar-refractivity contribution in [3.63, 3.8) is 0 Å². The Balaban J connectivity index is 2.18. The molecule has 0 aliphatic rings. The summed E-state index contributed by atoms with van der Waals surface area (Å²) in [5.74, 6) is 1.91. The van der Waals surface area contributed by atoms with Crippen LogP contribution in [0.4, 0.5) is 5.95 Å². The van der Waals surface area contributed by atoms with Crippen molar-refractivity contribution in [1.82, 2.24) is 19.7 Å². The van der Waals surface area contributed by atoms with Crippen molar-refractivity contribution in [1.29, 1.82) is 0 Å². The number of thiazole rings is 1. The van der Waals surface area contributed by atoms with Crippen molar-refractivity contribution in [2.45, 2.75) is 6.61 Å². The van der Waals surface area contributed by atoms with Crippen molar-refractivity contribution in [2.24, 2.45) is 0 Å². The van der Waals surface area contributed by atoms with Crippen LogP contribution in [0.2, 0.25) is 0 Å². The molecule has 3 rings (SSSR count). The zero-order valence-electron chi connectivity index (χ0n) is 13.5. The normalized spacial score (nSPS) is 10.8. The first-order valence-corrected chi connectivity index (χ1v) is 7.93. The Labute approximate surface area is 142 Å². The summed E-state index contributed by atoms with van der Waals surface area (Å²) in [4.78, 5) is 4.51. The van der Waals surface area contributed by atoms with Gasteiger partial charge in [0, 0.05) is 12.5 Å². The van der Waals surface area contributed by atoms with E-state index in [0.717, 1.165) is 5.01 Å². The molecule has 1 aromatic carbocycles. The minimum absolute atomic E-state index is 0.217. The maximum atomic E-state index is 6.05. The van der Waals surface area contributed by atoms with Gasteiger partial charge in [-0.3, -0.25) is 4.57 Å². The number of nitrogens with zero attached hydrogens (tertiary/aromatic N) is 4. The summed E-state index contributed by atoms with van der Waals surface area (Å²) < 4.78 is 17.7. The quantitative estimate of drug-likeness (QED) is 0.729. The van der Waals surface area contributed by atoms with Crippen molar-refractivity contribution >= 4 is 17.3 Å². The summed E-state index contributed by atoms with van der Waals surface area (Å²) in [6, 6.07) is 5.47. The number of benzene rings is 1. The average Bonchev–Trinajstić information content (AvgIpc) is 3.20. The zero-order chi connectivity index (χ0) is 17.1. The molecular formula is C15H17N5O3S. The predicted molar refractivity (Wildman–Crippen MR) is 90.7 cm³/mol. The Bertz CT molecular complexity index is 823. The summed E-state index contributed by atoms with van der Waals surface area (Å²) >= 11 is 1.48. The molecule has 8 nitrogen and oxygen atoms in total. The first kappa shape index (κ1) is 16.2. The van der Waals surface area contributed by atoms with E-state index in [4.69, 9.17) is 19.9 Å². The molecule has 2 aromatic heterocycles. The van der Waals surface area contributed by atoms with Gasteiger partial charge < -0.3 is 19.9 Å². The van der Waals surface area contributed by atoms with Crippen LogP contribution in [0.25, 0.3) is 17.2 Å². The molecule has 0 aliphatic heterocycles. The van der Waals surface area contributed by atoms with Crippen LogP contribution in [0.3, 0.4) is 0 Å². The first-order valence-electron chi connectivity index (χ1n) is 7.05. The lowest BCUT2D eigenvalue weighted by Crippen LogP contribution is -2.07. The SMILES string of the molecule is COCc1nc(-c2nnc(N)n2-c2c(OC)cccc2OC)cs1. The number of anilines is 1. The van der Waals surface area contributed by atoms with Gasteiger partial charge >= 0.3 is 0 Å². The number of hydrogen-bond donors (Lipinski definition) is 1. The molecule has 126 valence electrons. The molecular weight excluding hydrogens is 330 g/mol. The molecule has 0 fully saturated rings. The van der Waals surface area contributed by atoms with Gasteiger partial charge in [0.05, 0.1) is 20.8 Å². The molecule has 0 aliphatic carbocycles. The fourth-order valence-corrected chi connectivity index (χ4v) is 3.08. The highest BCUT2D eigenvalue weighted by atomic mass is 32.1. The smallest absolute Gasteiger partial charge is 0.227 e. The van der Waals surface area contributed by atoms with Crippen molar-refractivity contribution in [2.75, 3.05) is 27.1 Å². The minimum atomic E-state index is 0.217. The highest BCUT2D eigenvalue weighted by Crippen LogP contribution is 2.36. The lowest BCUT2D eigenvalue weighted by atomic mass is 10.2. The van der Waals surface area contributed by atoms with Crippen LogP contribution < -0.4 is 15.2 Å². The molecule has 0 saturated carbocycles. The molecule has 2 N–H and O–H groups in total. The van der Waals surface area contributed by atoms with Gasteiger partial charge in [-0.15, -0.1) is 21.5 Å². The van der Waals surface area contributed by atoms with Crippen molar-refractivity contribution in [3.8, 4) is 28.7 Å². The summed E-state index contributed by atoms with van der Waals surface area (Å²) in [6.07, 6.45) is 0. The topological polar surface area (TPSA) is 97.3 Å². The van der Waals surface area contributed by atoms with Crippen molar-refractivity contribution < 1.29 is 14.2 Å². The lowest BCUT2D eigenvalue weighted by molar-refractivity contribution is 0.184. The van der Waals surface area contributed by atoms with E-state index in [0.29, 0.717) is 35.3 Å². The second kappa shape index (κ2) is 6.85. The molecule has 0 saturated heterocycles. The standard InChI is InChI=1S/C15H17N5O3S/c1-21-7-12-17-9(8-24-12)14-18-19-15(16)20(14)13-10(22-2)5-4-6-11(13)23-3/h4-6,8H,7H2,1-3H3,(H2,16,19). The Morgan fingerprint density at radius 1 is 1.12 bits per heavy atom. The van der Waals surface area contributed by atoms with Gasteiger partial charge in [0.1, 0.15) is 27.9 Å². The summed E-state index contributed by atoms with van der Waals surface area (Å²) in [5.41, 5.74) is 7.34. The molecule has 0 amide bonds. The van der Waals surface area contributed by atoms with E-state index in [1.54, 1.807) is 25.9 Å². The van der Waals surface area contributed by atoms with E-state index in [-0.39, 0.29) is 5.95 Å². The third kappa shape index (κ3) is 2.79. The Kier molecular flexibility index (Phi) is 4.63. The number of nitrogens with two attached hydrogens (primary N) is 1. The molecule has 2 heterocycles. The molecule has 0 bridgehead atoms. The highest BCUT2D eigenvalue weighted by Gasteiger charge is 2.22.